The van der Waals surface area contributed by atoms with E-state index in [-0.39, 0.29) is 35.7 Å². The Morgan fingerprint density at radius 3 is 2.46 bits per heavy atom. The van der Waals surface area contributed by atoms with Crippen LogP contribution in [0.15, 0.2) is 53.4 Å². The van der Waals surface area contributed by atoms with Crippen molar-refractivity contribution in [3.8, 4) is 0 Å². The zero-order chi connectivity index (χ0) is 25.4. The highest BCUT2D eigenvalue weighted by molar-refractivity contribution is 7.91. The van der Waals surface area contributed by atoms with Gasteiger partial charge in [-0.1, -0.05) is 19.1 Å². The van der Waals surface area contributed by atoms with Crippen LogP contribution in [0.4, 0.5) is 14.5 Å². The molecule has 35 heavy (non-hydrogen) atoms. The molecule has 1 heterocycles. The second-order valence-corrected chi connectivity index (χ2v) is 10.4. The number of rotatable bonds is 12. The van der Waals surface area contributed by atoms with Gasteiger partial charge < -0.3 is 20.3 Å². The van der Waals surface area contributed by atoms with E-state index in [0.717, 1.165) is 18.5 Å². The first-order valence-corrected chi connectivity index (χ1v) is 13.0. The summed E-state index contributed by atoms with van der Waals surface area (Å²) in [5.41, 5.74) is 1.83. The van der Waals surface area contributed by atoms with Crippen LogP contribution in [0.25, 0.3) is 0 Å². The second-order valence-electron chi connectivity index (χ2n) is 8.15. The van der Waals surface area contributed by atoms with Gasteiger partial charge in [0.05, 0.1) is 29.3 Å². The molecule has 0 radical (unpaired) electrons. The highest BCUT2D eigenvalue weighted by atomic mass is 32.2. The van der Waals surface area contributed by atoms with Crippen LogP contribution in [0, 0.1) is 0 Å². The van der Waals surface area contributed by atoms with E-state index in [4.69, 9.17) is 0 Å². The number of anilines is 1. The quantitative estimate of drug-likeness (QED) is 0.427. The summed E-state index contributed by atoms with van der Waals surface area (Å²) in [7, 11) is -3.36. The third kappa shape index (κ3) is 6.98. The lowest BCUT2D eigenvalue weighted by Crippen LogP contribution is -2.35. The molecule has 190 valence electrons. The Morgan fingerprint density at radius 1 is 1.17 bits per heavy atom. The van der Waals surface area contributed by atoms with Gasteiger partial charge in [-0.15, -0.1) is 0 Å². The van der Waals surface area contributed by atoms with E-state index in [1.165, 1.54) is 12.1 Å². The lowest BCUT2D eigenvalue weighted by atomic mass is 10.1. The number of nitrogens with zero attached hydrogens (tertiary/aromatic N) is 1. The highest BCUT2D eigenvalue weighted by Crippen LogP contribution is 2.27. The molecule has 0 unspecified atom stereocenters. The van der Waals surface area contributed by atoms with Crippen molar-refractivity contribution in [1.29, 1.82) is 0 Å². The molecule has 0 aromatic heterocycles. The molecule has 2 aromatic rings. The van der Waals surface area contributed by atoms with E-state index in [1.54, 1.807) is 43.3 Å². The van der Waals surface area contributed by atoms with Crippen LogP contribution in [0.2, 0.25) is 0 Å². The summed E-state index contributed by atoms with van der Waals surface area (Å²) in [5, 5.41) is 5.41. The number of sulfone groups is 1. The average Bonchev–Trinajstić information content (AvgIpc) is 3.34. The summed E-state index contributed by atoms with van der Waals surface area (Å²) in [6.45, 7) is -0.479. The monoisotopic (exact) mass is 509 g/mol. The van der Waals surface area contributed by atoms with E-state index < -0.39 is 22.5 Å². The summed E-state index contributed by atoms with van der Waals surface area (Å²) in [6, 6.07) is 12.3. The minimum Gasteiger partial charge on any atom is -0.366 e. The first-order chi connectivity index (χ1) is 16.7. The molecule has 2 aromatic carbocycles. The first-order valence-electron chi connectivity index (χ1n) is 11.3. The standard InChI is InChI=1S/C24H29F2N3O5S/c1-2-35(32,33)21-11-7-17(8-12-21)22(14-27-16-30)28-23(31)18-5-9-19(10-6-18)29-13-3-4-20(29)15-34-24(25)26/h5-12,16,20,22,24H,2-4,13-15H2,1H3,(H,27,30)(H,28,31)/t20-,22-/m0/s1. The number of carbonyl (C=O) groups is 2. The number of alkyl halides is 2. The molecular weight excluding hydrogens is 480 g/mol. The summed E-state index contributed by atoms with van der Waals surface area (Å²) in [5.74, 6) is -0.398. The van der Waals surface area contributed by atoms with Crippen molar-refractivity contribution in [2.75, 3.05) is 30.3 Å². The largest absolute Gasteiger partial charge is 0.366 e. The Labute approximate surface area is 203 Å². The highest BCUT2D eigenvalue weighted by Gasteiger charge is 2.26. The molecule has 1 aliphatic heterocycles. The van der Waals surface area contributed by atoms with Crippen molar-refractivity contribution in [3.05, 3.63) is 59.7 Å². The maximum absolute atomic E-state index is 12.9. The van der Waals surface area contributed by atoms with Crippen LogP contribution in [-0.4, -0.2) is 58.8 Å². The van der Waals surface area contributed by atoms with Crippen LogP contribution in [0.5, 0.6) is 0 Å². The van der Waals surface area contributed by atoms with E-state index in [2.05, 4.69) is 15.4 Å². The molecule has 0 saturated carbocycles. The Morgan fingerprint density at radius 2 is 1.86 bits per heavy atom. The Kier molecular flexibility index (Phi) is 9.16. The van der Waals surface area contributed by atoms with Gasteiger partial charge in [-0.2, -0.15) is 8.78 Å². The van der Waals surface area contributed by atoms with Crippen molar-refractivity contribution < 1.29 is 31.5 Å². The first kappa shape index (κ1) is 26.6. The summed E-state index contributed by atoms with van der Waals surface area (Å²) >= 11 is 0. The van der Waals surface area contributed by atoms with Crippen molar-refractivity contribution >= 4 is 27.8 Å². The molecule has 1 saturated heterocycles. The van der Waals surface area contributed by atoms with Gasteiger partial charge in [0.15, 0.2) is 9.84 Å². The van der Waals surface area contributed by atoms with Gasteiger partial charge in [0.1, 0.15) is 0 Å². The fourth-order valence-corrected chi connectivity index (χ4v) is 4.95. The molecule has 0 spiro atoms. The Balaban J connectivity index is 1.70. The number of amides is 2. The molecule has 0 aliphatic carbocycles. The molecule has 1 aliphatic rings. The summed E-state index contributed by atoms with van der Waals surface area (Å²) < 4.78 is 53.4. The van der Waals surface area contributed by atoms with E-state index in [1.807, 2.05) is 4.90 Å². The number of hydrogen-bond acceptors (Lipinski definition) is 6. The van der Waals surface area contributed by atoms with Crippen LogP contribution < -0.4 is 15.5 Å². The van der Waals surface area contributed by atoms with E-state index >= 15 is 0 Å². The van der Waals surface area contributed by atoms with Crippen LogP contribution in [0.3, 0.4) is 0 Å². The summed E-state index contributed by atoms with van der Waals surface area (Å²) in [4.78, 5) is 25.9. The van der Waals surface area contributed by atoms with Gasteiger partial charge in [0, 0.05) is 24.3 Å². The maximum atomic E-state index is 12.9. The average molecular weight is 510 g/mol. The number of benzene rings is 2. The molecule has 2 N–H and O–H groups in total. The third-order valence-corrected chi connectivity index (χ3v) is 7.74. The van der Waals surface area contributed by atoms with Gasteiger partial charge in [0.25, 0.3) is 5.91 Å². The van der Waals surface area contributed by atoms with Crippen LogP contribution in [-0.2, 0) is 19.4 Å². The maximum Gasteiger partial charge on any atom is 0.345 e. The van der Waals surface area contributed by atoms with Gasteiger partial charge in [0.2, 0.25) is 6.41 Å². The molecule has 11 heteroatoms. The second kappa shape index (κ2) is 12.1. The van der Waals surface area contributed by atoms with Gasteiger partial charge in [-0.05, 0) is 54.8 Å². The lowest BCUT2D eigenvalue weighted by molar-refractivity contribution is -0.131. The van der Waals surface area contributed by atoms with Gasteiger partial charge in [-0.25, -0.2) is 8.42 Å². The zero-order valence-corrected chi connectivity index (χ0v) is 20.1. The van der Waals surface area contributed by atoms with E-state index in [0.29, 0.717) is 24.1 Å². The minimum absolute atomic E-state index is 0.0212. The molecular formula is C24H29F2N3O5S. The van der Waals surface area contributed by atoms with Crippen molar-refractivity contribution in [3.63, 3.8) is 0 Å². The van der Waals surface area contributed by atoms with Crippen molar-refractivity contribution in [1.82, 2.24) is 10.6 Å². The fourth-order valence-electron chi connectivity index (χ4n) is 4.07. The molecule has 0 bridgehead atoms. The van der Waals surface area contributed by atoms with E-state index in [9.17, 15) is 26.8 Å². The third-order valence-electron chi connectivity index (χ3n) is 5.99. The van der Waals surface area contributed by atoms with Gasteiger partial charge in [-0.3, -0.25) is 9.59 Å². The number of hydrogen-bond donors (Lipinski definition) is 2. The normalized spacial score (nSPS) is 16.8. The summed E-state index contributed by atoms with van der Waals surface area (Å²) in [6.07, 6.45) is 2.13. The minimum atomic E-state index is -3.36. The SMILES string of the molecule is CCS(=O)(=O)c1ccc([C@H](CNC=O)NC(=O)c2ccc(N3CCC[C@H]3COC(F)F)cc2)cc1. The van der Waals surface area contributed by atoms with Crippen molar-refractivity contribution in [2.24, 2.45) is 0 Å². The molecule has 8 nitrogen and oxygen atoms in total. The van der Waals surface area contributed by atoms with Crippen LogP contribution >= 0.6 is 0 Å². The molecule has 3 rings (SSSR count). The number of ether oxygens (including phenoxy) is 1. The van der Waals surface area contributed by atoms with Gasteiger partial charge >= 0.3 is 6.61 Å². The van der Waals surface area contributed by atoms with Crippen LogP contribution in [0.1, 0.15) is 41.7 Å². The van der Waals surface area contributed by atoms with Crippen molar-refractivity contribution in [2.45, 2.75) is 43.4 Å². The fraction of sp³-hybridized carbons (Fsp3) is 0.417. The lowest BCUT2D eigenvalue weighted by Gasteiger charge is -2.26. The topological polar surface area (TPSA) is 105 Å². The predicted octanol–water partition coefficient (Wildman–Crippen LogP) is 2.91. The Hall–Kier alpha value is -3.05. The number of nitrogens with one attached hydrogen (secondary N) is 2. The smallest absolute Gasteiger partial charge is 0.345 e. The predicted molar refractivity (Wildman–Crippen MR) is 127 cm³/mol. The Bertz CT molecular complexity index is 1100. The molecule has 1 fully saturated rings. The number of halogens is 2. The number of carbonyl (C=O) groups excluding carboxylic acids is 2. The molecule has 2 amide bonds. The molecule has 2 atom stereocenters. The zero-order valence-electron chi connectivity index (χ0n) is 19.3.